The minimum absolute atomic E-state index is 0.165. The number of aryl methyl sites for hydroxylation is 1. The summed E-state index contributed by atoms with van der Waals surface area (Å²) in [7, 11) is 1.83. The standard InChI is InChI=1S/C15H14Cl2FN/c1-9-8-10(18)6-7-11(9)15(19-2)14-12(16)4-3-5-13(14)17/h3-8,15,19H,1-2H3. The SMILES string of the molecule is CNC(c1ccc(F)cc1C)c1c(Cl)cccc1Cl. The first kappa shape index (κ1) is 14.3. The van der Waals surface area contributed by atoms with Crippen LogP contribution in [-0.4, -0.2) is 7.05 Å². The maximum atomic E-state index is 13.2. The summed E-state index contributed by atoms with van der Waals surface area (Å²) in [4.78, 5) is 0. The van der Waals surface area contributed by atoms with Crippen molar-refractivity contribution in [1.82, 2.24) is 5.32 Å². The highest BCUT2D eigenvalue weighted by Crippen LogP contribution is 2.35. The van der Waals surface area contributed by atoms with E-state index in [0.29, 0.717) is 10.0 Å². The van der Waals surface area contributed by atoms with Gasteiger partial charge >= 0.3 is 0 Å². The van der Waals surface area contributed by atoms with Gasteiger partial charge in [0.25, 0.3) is 0 Å². The third kappa shape index (κ3) is 2.92. The summed E-state index contributed by atoms with van der Waals surface area (Å²) in [5.41, 5.74) is 2.62. The van der Waals surface area contributed by atoms with Gasteiger partial charge in [0.1, 0.15) is 5.82 Å². The number of rotatable bonds is 3. The summed E-state index contributed by atoms with van der Waals surface area (Å²) < 4.78 is 13.2. The van der Waals surface area contributed by atoms with Crippen molar-refractivity contribution in [2.45, 2.75) is 13.0 Å². The molecule has 0 saturated carbocycles. The largest absolute Gasteiger partial charge is 0.309 e. The highest BCUT2D eigenvalue weighted by atomic mass is 35.5. The molecule has 0 fully saturated rings. The minimum Gasteiger partial charge on any atom is -0.309 e. The molecule has 1 unspecified atom stereocenters. The molecule has 0 aliphatic heterocycles. The Balaban J connectivity index is 2.56. The predicted octanol–water partition coefficient (Wildman–Crippen LogP) is 4.75. The lowest BCUT2D eigenvalue weighted by Gasteiger charge is -2.21. The van der Waals surface area contributed by atoms with E-state index >= 15 is 0 Å². The summed E-state index contributed by atoms with van der Waals surface area (Å²) in [6.45, 7) is 1.87. The van der Waals surface area contributed by atoms with Crippen molar-refractivity contribution in [3.8, 4) is 0 Å². The Labute approximate surface area is 122 Å². The zero-order valence-corrected chi connectivity index (χ0v) is 12.2. The van der Waals surface area contributed by atoms with Crippen molar-refractivity contribution < 1.29 is 4.39 Å². The third-order valence-electron chi connectivity index (χ3n) is 3.12. The molecule has 2 aromatic rings. The number of nitrogens with one attached hydrogen (secondary N) is 1. The molecule has 0 aliphatic rings. The van der Waals surface area contributed by atoms with E-state index in [2.05, 4.69) is 5.32 Å². The number of hydrogen-bond donors (Lipinski definition) is 1. The van der Waals surface area contributed by atoms with Gasteiger partial charge in [-0.05, 0) is 49.4 Å². The van der Waals surface area contributed by atoms with Crippen LogP contribution in [0.4, 0.5) is 4.39 Å². The molecular weight excluding hydrogens is 284 g/mol. The van der Waals surface area contributed by atoms with Gasteiger partial charge in [-0.2, -0.15) is 0 Å². The molecule has 4 heteroatoms. The summed E-state index contributed by atoms with van der Waals surface area (Å²) in [5.74, 6) is -0.249. The van der Waals surface area contributed by atoms with Gasteiger partial charge in [0.15, 0.2) is 0 Å². The maximum Gasteiger partial charge on any atom is 0.123 e. The smallest absolute Gasteiger partial charge is 0.123 e. The summed E-state index contributed by atoms with van der Waals surface area (Å²) >= 11 is 12.5. The van der Waals surface area contributed by atoms with Crippen molar-refractivity contribution in [2.75, 3.05) is 7.05 Å². The van der Waals surface area contributed by atoms with Gasteiger partial charge in [0.05, 0.1) is 6.04 Å². The predicted molar refractivity (Wildman–Crippen MR) is 78.5 cm³/mol. The fourth-order valence-corrected chi connectivity index (χ4v) is 2.82. The van der Waals surface area contributed by atoms with Crippen molar-refractivity contribution in [3.05, 3.63) is 69.0 Å². The lowest BCUT2D eigenvalue weighted by molar-refractivity contribution is 0.621. The molecule has 0 radical (unpaired) electrons. The maximum absolute atomic E-state index is 13.2. The topological polar surface area (TPSA) is 12.0 Å². The van der Waals surface area contributed by atoms with Gasteiger partial charge in [-0.15, -0.1) is 0 Å². The average Bonchev–Trinajstić information content (AvgIpc) is 2.35. The molecule has 1 atom stereocenters. The average molecular weight is 298 g/mol. The Morgan fingerprint density at radius 2 is 1.74 bits per heavy atom. The van der Waals surface area contributed by atoms with Gasteiger partial charge in [-0.25, -0.2) is 4.39 Å². The highest BCUT2D eigenvalue weighted by molar-refractivity contribution is 6.36. The first-order valence-corrected chi connectivity index (χ1v) is 6.67. The van der Waals surface area contributed by atoms with Gasteiger partial charge < -0.3 is 5.32 Å². The van der Waals surface area contributed by atoms with Crippen LogP contribution in [-0.2, 0) is 0 Å². The van der Waals surface area contributed by atoms with Crippen LogP contribution in [0, 0.1) is 12.7 Å². The van der Waals surface area contributed by atoms with E-state index in [0.717, 1.165) is 16.7 Å². The second-order valence-electron chi connectivity index (χ2n) is 4.36. The fourth-order valence-electron chi connectivity index (χ4n) is 2.20. The second kappa shape index (κ2) is 5.91. The summed E-state index contributed by atoms with van der Waals surface area (Å²) in [6.07, 6.45) is 0. The molecule has 100 valence electrons. The molecule has 19 heavy (non-hydrogen) atoms. The van der Waals surface area contributed by atoms with Crippen molar-refractivity contribution >= 4 is 23.2 Å². The molecule has 0 bridgehead atoms. The molecule has 0 heterocycles. The van der Waals surface area contributed by atoms with Crippen LogP contribution in [0.1, 0.15) is 22.7 Å². The number of hydrogen-bond acceptors (Lipinski definition) is 1. The molecule has 2 aromatic carbocycles. The first-order valence-electron chi connectivity index (χ1n) is 5.92. The van der Waals surface area contributed by atoms with E-state index in [9.17, 15) is 4.39 Å². The van der Waals surface area contributed by atoms with E-state index in [1.165, 1.54) is 12.1 Å². The van der Waals surface area contributed by atoms with E-state index in [1.807, 2.05) is 14.0 Å². The van der Waals surface area contributed by atoms with E-state index in [-0.39, 0.29) is 11.9 Å². The quantitative estimate of drug-likeness (QED) is 0.862. The van der Waals surface area contributed by atoms with Crippen LogP contribution in [0.3, 0.4) is 0 Å². The lowest BCUT2D eigenvalue weighted by Crippen LogP contribution is -2.19. The monoisotopic (exact) mass is 297 g/mol. The molecule has 0 aromatic heterocycles. The Morgan fingerprint density at radius 3 is 2.26 bits per heavy atom. The molecule has 0 saturated heterocycles. The zero-order chi connectivity index (χ0) is 14.0. The molecular formula is C15H14Cl2FN. The molecule has 0 amide bonds. The lowest BCUT2D eigenvalue weighted by atomic mass is 9.95. The van der Waals surface area contributed by atoms with Crippen LogP contribution < -0.4 is 5.32 Å². The van der Waals surface area contributed by atoms with E-state index in [4.69, 9.17) is 23.2 Å². The van der Waals surface area contributed by atoms with E-state index in [1.54, 1.807) is 24.3 Å². The molecule has 0 spiro atoms. The molecule has 1 nitrogen and oxygen atoms in total. The van der Waals surface area contributed by atoms with Crippen LogP contribution in [0.25, 0.3) is 0 Å². The van der Waals surface area contributed by atoms with E-state index < -0.39 is 0 Å². The number of halogens is 3. The number of benzene rings is 2. The van der Waals surface area contributed by atoms with Crippen molar-refractivity contribution in [2.24, 2.45) is 0 Å². The first-order chi connectivity index (χ1) is 9.04. The van der Waals surface area contributed by atoms with Gasteiger partial charge in [-0.1, -0.05) is 35.3 Å². The Morgan fingerprint density at radius 1 is 1.11 bits per heavy atom. The zero-order valence-electron chi connectivity index (χ0n) is 10.7. The summed E-state index contributed by atoms with van der Waals surface area (Å²) in [5, 5.41) is 4.37. The Kier molecular flexibility index (Phi) is 4.46. The molecule has 0 aliphatic carbocycles. The van der Waals surface area contributed by atoms with Gasteiger partial charge in [0, 0.05) is 15.6 Å². The molecule has 1 N–H and O–H groups in total. The summed E-state index contributed by atoms with van der Waals surface area (Å²) in [6, 6.07) is 9.94. The second-order valence-corrected chi connectivity index (χ2v) is 5.17. The van der Waals surface area contributed by atoms with Crippen molar-refractivity contribution in [1.29, 1.82) is 0 Å². The van der Waals surface area contributed by atoms with Gasteiger partial charge in [0.2, 0.25) is 0 Å². The third-order valence-corrected chi connectivity index (χ3v) is 3.78. The van der Waals surface area contributed by atoms with Crippen molar-refractivity contribution in [3.63, 3.8) is 0 Å². The Hall–Kier alpha value is -1.09. The Bertz CT molecular complexity index is 578. The van der Waals surface area contributed by atoms with Gasteiger partial charge in [-0.3, -0.25) is 0 Å². The van der Waals surface area contributed by atoms with Crippen LogP contribution in [0.5, 0.6) is 0 Å². The van der Waals surface area contributed by atoms with Crippen LogP contribution in [0.15, 0.2) is 36.4 Å². The van der Waals surface area contributed by atoms with Crippen LogP contribution in [0.2, 0.25) is 10.0 Å². The minimum atomic E-state index is -0.249. The fraction of sp³-hybridized carbons (Fsp3) is 0.200. The highest BCUT2D eigenvalue weighted by Gasteiger charge is 2.20. The molecule has 2 rings (SSSR count). The van der Waals surface area contributed by atoms with Crippen LogP contribution >= 0.6 is 23.2 Å². The normalized spacial score (nSPS) is 12.5.